The fraction of sp³-hybridized carbons (Fsp3) is 0.939. The van der Waals surface area contributed by atoms with Crippen molar-refractivity contribution >= 4 is 24.3 Å². The van der Waals surface area contributed by atoms with E-state index in [1.165, 1.54) is 51.4 Å². The number of carboxylic acids is 1. The molecule has 0 aromatic carbocycles. The second-order valence-electron chi connectivity index (χ2n) is 12.4. The molecule has 5 atom stereocenters. The first-order valence-electron chi connectivity index (χ1n) is 17.4. The largest absolute Gasteiger partial charge is 0.480 e. The van der Waals surface area contributed by atoms with Gasteiger partial charge in [-0.1, -0.05) is 117 Å². The predicted octanol–water partition coefficient (Wildman–Crippen LogP) is 7.24. The lowest BCUT2D eigenvalue weighted by molar-refractivity contribution is -0.448. The van der Waals surface area contributed by atoms with Gasteiger partial charge in [-0.05, 0) is 51.2 Å². The van der Waals surface area contributed by atoms with Crippen molar-refractivity contribution in [3.63, 3.8) is 0 Å². The lowest BCUT2D eigenvalue weighted by Crippen LogP contribution is -2.58. The van der Waals surface area contributed by atoms with E-state index in [0.717, 1.165) is 43.8 Å². The molecule has 0 amide bonds. The molecule has 44 heavy (non-hydrogen) atoms. The second-order valence-corrected chi connectivity index (χ2v) is 12.4. The third kappa shape index (κ3) is 20.1. The van der Waals surface area contributed by atoms with E-state index in [-0.39, 0.29) is 31.2 Å². The Morgan fingerprint density at radius 2 is 1.16 bits per heavy atom. The Labute approximate surface area is 275 Å². The van der Waals surface area contributed by atoms with Crippen molar-refractivity contribution in [2.75, 3.05) is 6.54 Å². The molecule has 0 saturated heterocycles. The van der Waals surface area contributed by atoms with Gasteiger partial charge in [0.1, 0.15) is 12.2 Å². The Morgan fingerprint density at radius 1 is 0.750 bits per heavy atom. The van der Waals surface area contributed by atoms with Gasteiger partial charge in [0.25, 0.3) is 0 Å². The normalized spacial score (nSPS) is 15.6. The van der Waals surface area contributed by atoms with Crippen LogP contribution < -0.4 is 11.1 Å². The summed E-state index contributed by atoms with van der Waals surface area (Å²) >= 11 is 0. The van der Waals surface area contributed by atoms with Gasteiger partial charge in [0, 0.05) is 6.54 Å². The number of carboxylic acid groups (broad SMARTS) is 1. The summed E-state index contributed by atoms with van der Waals surface area (Å²) in [5.41, 5.74) is 3.90. The number of aliphatic hydroxyl groups excluding tert-OH is 2. The number of unbranched alkanes of at least 4 members (excludes halogenated alkanes) is 12. The number of hydrogen-bond donors (Lipinski definition) is 6. The quantitative estimate of drug-likeness (QED) is 0.0203. The van der Waals surface area contributed by atoms with Crippen LogP contribution in [0.2, 0.25) is 0 Å². The number of halogens is 1. The number of nitrogens with one attached hydrogen (secondary N) is 2. The molecule has 0 aliphatic rings. The molecule has 0 aliphatic heterocycles. The Balaban J connectivity index is 0. The van der Waals surface area contributed by atoms with Crippen molar-refractivity contribution < 1.29 is 29.8 Å². The molecule has 0 radical (unpaired) electrons. The molecule has 0 bridgehead atoms. The highest BCUT2D eigenvalue weighted by Crippen LogP contribution is 2.32. The highest BCUT2D eigenvalue weighted by atomic mass is 35.5. The van der Waals surface area contributed by atoms with Crippen LogP contribution in [0.3, 0.4) is 0 Å². The smallest absolute Gasteiger partial charge is 0.329 e. The lowest BCUT2D eigenvalue weighted by Gasteiger charge is -2.42. The molecule has 7 N–H and O–H groups in total. The lowest BCUT2D eigenvalue weighted by atomic mass is 9.89. The summed E-state index contributed by atoms with van der Waals surface area (Å²) in [6.45, 7) is 9.97. The van der Waals surface area contributed by atoms with E-state index in [1.807, 2.05) is 6.92 Å². The minimum atomic E-state index is -1.55. The van der Waals surface area contributed by atoms with Crippen LogP contribution in [0.5, 0.6) is 0 Å². The van der Waals surface area contributed by atoms with Crippen LogP contribution in [0.4, 0.5) is 0 Å². The summed E-state index contributed by atoms with van der Waals surface area (Å²) in [7, 11) is 0. The van der Waals surface area contributed by atoms with Gasteiger partial charge < -0.3 is 26.4 Å². The molecule has 0 aromatic rings. The maximum atomic E-state index is 13.0. The van der Waals surface area contributed by atoms with Gasteiger partial charge in [0.2, 0.25) is 0 Å². The van der Waals surface area contributed by atoms with Gasteiger partial charge >= 0.3 is 5.97 Å². The second kappa shape index (κ2) is 28.1. The van der Waals surface area contributed by atoms with Crippen molar-refractivity contribution in [2.24, 2.45) is 5.73 Å². The zero-order chi connectivity index (χ0) is 32.5. The topological polar surface area (TPSA) is 161 Å². The summed E-state index contributed by atoms with van der Waals surface area (Å²) in [5, 5.41) is 43.4. The minimum Gasteiger partial charge on any atom is -0.480 e. The molecule has 0 aromatic heterocycles. The van der Waals surface area contributed by atoms with E-state index in [1.54, 1.807) is 13.8 Å². The van der Waals surface area contributed by atoms with Gasteiger partial charge in [0.15, 0.2) is 11.5 Å². The van der Waals surface area contributed by atoms with Crippen LogP contribution in [0.1, 0.15) is 163 Å². The van der Waals surface area contributed by atoms with E-state index in [0.29, 0.717) is 32.2 Å². The molecule has 10 nitrogen and oxygen atoms in total. The van der Waals surface area contributed by atoms with Crippen molar-refractivity contribution in [2.45, 2.75) is 193 Å². The molecule has 0 rings (SSSR count). The van der Waals surface area contributed by atoms with Crippen molar-refractivity contribution in [3.05, 3.63) is 0 Å². The highest BCUT2D eigenvalue weighted by molar-refractivity contribution is 5.85. The van der Waals surface area contributed by atoms with Crippen molar-refractivity contribution in [3.8, 4) is 0 Å². The highest BCUT2D eigenvalue weighted by Gasteiger charge is 2.48. The van der Waals surface area contributed by atoms with Crippen molar-refractivity contribution in [1.29, 1.82) is 5.41 Å². The Hall–Kier alpha value is -1.17. The van der Waals surface area contributed by atoms with Gasteiger partial charge in [-0.15, -0.1) is 12.4 Å². The van der Waals surface area contributed by atoms with Gasteiger partial charge in [-0.3, -0.25) is 19.9 Å². The maximum Gasteiger partial charge on any atom is 0.329 e. The number of hydrogen-bond acceptors (Lipinski definition) is 7. The summed E-state index contributed by atoms with van der Waals surface area (Å²) in [6.07, 6.45) is 15.2. The third-order valence-electron chi connectivity index (χ3n) is 8.22. The standard InChI is InChI=1S/C33H68N4O6.ClH/c1-6-9-11-13-15-17-19-22-29(27(4)38)42-37(33(24-8-3,31(40)41)25-21-26-36-32(34)35)43-30(28(5)39)23-20-18-16-14-12-10-7-2;/h27-30,38-39H,6-26H2,1-5H3,(H,40,41)(H4,34,35,36);1H/t27?,28?,29?,30?,33-;/m0./s1. The molecule has 11 heteroatoms. The number of hydroxylamine groups is 2. The van der Waals surface area contributed by atoms with Crippen LogP contribution in [-0.4, -0.2) is 69.0 Å². The average molecular weight is 653 g/mol. The Morgan fingerprint density at radius 3 is 1.50 bits per heavy atom. The number of aliphatic hydroxyl groups is 2. The molecule has 264 valence electrons. The SMILES string of the molecule is CCCCCCCCCC(ON(OC(CCCCCCCCC)C(C)O)[C@@](CCC)(CCCNC(=N)N)C(=O)O)C(C)O.Cl. The van der Waals surface area contributed by atoms with Gasteiger partial charge in [-0.2, -0.15) is 0 Å². The molecular formula is C33H69ClN4O6. The molecule has 4 unspecified atom stereocenters. The zero-order valence-electron chi connectivity index (χ0n) is 28.7. The summed E-state index contributed by atoms with van der Waals surface area (Å²) < 4.78 is 0. The molecular weight excluding hydrogens is 584 g/mol. The predicted molar refractivity (Wildman–Crippen MR) is 182 cm³/mol. The summed E-state index contributed by atoms with van der Waals surface area (Å²) in [6, 6.07) is 0. The zero-order valence-corrected chi connectivity index (χ0v) is 29.5. The number of nitrogens with zero attached hydrogens (tertiary/aromatic N) is 1. The van der Waals surface area contributed by atoms with E-state index >= 15 is 0 Å². The third-order valence-corrected chi connectivity index (χ3v) is 8.22. The maximum absolute atomic E-state index is 13.0. The average Bonchev–Trinajstić information content (AvgIpc) is 2.95. The molecule has 0 saturated carbocycles. The number of nitrogens with two attached hydrogens (primary N) is 1. The fourth-order valence-corrected chi connectivity index (χ4v) is 5.46. The van der Waals surface area contributed by atoms with Crippen LogP contribution >= 0.6 is 12.4 Å². The van der Waals surface area contributed by atoms with Gasteiger partial charge in [0.05, 0.1) is 12.2 Å². The van der Waals surface area contributed by atoms with Crippen LogP contribution in [0.25, 0.3) is 0 Å². The fourth-order valence-electron chi connectivity index (χ4n) is 5.46. The Bertz CT molecular complexity index is 671. The van der Waals surface area contributed by atoms with Crippen LogP contribution in [-0.2, 0) is 14.5 Å². The minimum absolute atomic E-state index is 0. The first-order chi connectivity index (χ1) is 20.5. The molecule has 0 fully saturated rings. The number of carbonyl (C=O) groups is 1. The molecule has 0 spiro atoms. The molecule has 0 aliphatic carbocycles. The summed E-state index contributed by atoms with van der Waals surface area (Å²) in [5.74, 6) is -1.26. The monoisotopic (exact) mass is 652 g/mol. The summed E-state index contributed by atoms with van der Waals surface area (Å²) in [4.78, 5) is 25.7. The number of aliphatic carboxylic acids is 1. The van der Waals surface area contributed by atoms with E-state index < -0.39 is 35.9 Å². The molecule has 0 heterocycles. The van der Waals surface area contributed by atoms with E-state index in [2.05, 4.69) is 19.2 Å². The van der Waals surface area contributed by atoms with Crippen LogP contribution in [0.15, 0.2) is 0 Å². The first kappa shape index (κ1) is 45.0. The Kier molecular flexibility index (Phi) is 28.7. The van der Waals surface area contributed by atoms with Gasteiger partial charge in [-0.25, -0.2) is 0 Å². The van der Waals surface area contributed by atoms with Crippen molar-refractivity contribution in [1.82, 2.24) is 10.5 Å². The number of rotatable bonds is 30. The van der Waals surface area contributed by atoms with E-state index in [4.69, 9.17) is 20.8 Å². The first-order valence-corrected chi connectivity index (χ1v) is 17.4. The van der Waals surface area contributed by atoms with E-state index in [9.17, 15) is 20.1 Å². The number of guanidine groups is 1. The van der Waals surface area contributed by atoms with Crippen LogP contribution in [0, 0.1) is 5.41 Å².